The van der Waals surface area contributed by atoms with E-state index in [4.69, 9.17) is 0 Å². The quantitative estimate of drug-likeness (QED) is 0.191. The maximum absolute atomic E-state index is 10.5. The van der Waals surface area contributed by atoms with Gasteiger partial charge in [-0.25, -0.2) is 0 Å². The molecule has 226 valence electrons. The molecule has 0 saturated carbocycles. The van der Waals surface area contributed by atoms with E-state index in [1.54, 1.807) is 12.4 Å². The lowest BCUT2D eigenvalue weighted by molar-refractivity contribution is 1.18. The van der Waals surface area contributed by atoms with Gasteiger partial charge in [-0.2, -0.15) is 15.8 Å². The summed E-state index contributed by atoms with van der Waals surface area (Å²) in [5.74, 6) is 0. The van der Waals surface area contributed by atoms with Gasteiger partial charge in [-0.15, -0.1) is 0 Å². The van der Waals surface area contributed by atoms with E-state index in [0.717, 1.165) is 72.0 Å². The van der Waals surface area contributed by atoms with Gasteiger partial charge in [0.05, 0.1) is 51.6 Å². The molecule has 0 N–H and O–H groups in total. The second-order valence-electron chi connectivity index (χ2n) is 11.8. The van der Waals surface area contributed by atoms with Crippen molar-refractivity contribution in [1.82, 2.24) is 9.55 Å². The van der Waals surface area contributed by atoms with Crippen LogP contribution < -0.4 is 0 Å². The van der Waals surface area contributed by atoms with Gasteiger partial charge in [0.25, 0.3) is 0 Å². The summed E-state index contributed by atoms with van der Waals surface area (Å²) in [6.45, 7) is 0. The van der Waals surface area contributed by atoms with E-state index in [1.807, 2.05) is 84.9 Å². The number of benzene rings is 6. The van der Waals surface area contributed by atoms with Crippen LogP contribution in [0, 0.1) is 34.0 Å². The highest BCUT2D eigenvalue weighted by Gasteiger charge is 2.20. The lowest BCUT2D eigenvalue weighted by atomic mass is 9.93. The van der Waals surface area contributed by atoms with Gasteiger partial charge in [-0.05, 0) is 94.0 Å². The summed E-state index contributed by atoms with van der Waals surface area (Å²) >= 11 is 0. The Morgan fingerprint density at radius 1 is 0.429 bits per heavy atom. The molecule has 0 radical (unpaired) electrons. The van der Waals surface area contributed by atoms with Crippen molar-refractivity contribution in [2.24, 2.45) is 0 Å². The molecule has 2 heterocycles. The Balaban J connectivity index is 1.47. The van der Waals surface area contributed by atoms with Crippen LogP contribution in [0.1, 0.15) is 16.7 Å². The van der Waals surface area contributed by atoms with Crippen molar-refractivity contribution >= 4 is 21.8 Å². The van der Waals surface area contributed by atoms with Crippen LogP contribution in [0.25, 0.3) is 72.0 Å². The number of nitrogens with zero attached hydrogens (tertiary/aromatic N) is 5. The van der Waals surface area contributed by atoms with Crippen LogP contribution >= 0.6 is 0 Å². The molecule has 8 aromatic rings. The Kier molecular flexibility index (Phi) is 7.24. The van der Waals surface area contributed by atoms with Crippen LogP contribution in [-0.4, -0.2) is 9.55 Å². The Hall–Kier alpha value is -7.26. The second-order valence-corrected chi connectivity index (χ2v) is 11.8. The van der Waals surface area contributed by atoms with Crippen molar-refractivity contribution in [2.75, 3.05) is 0 Å². The van der Waals surface area contributed by atoms with Crippen molar-refractivity contribution in [3.05, 3.63) is 169 Å². The van der Waals surface area contributed by atoms with E-state index < -0.39 is 0 Å². The highest BCUT2D eigenvalue weighted by molar-refractivity contribution is 6.12. The van der Waals surface area contributed by atoms with Crippen LogP contribution in [0.4, 0.5) is 0 Å². The number of hydrogen-bond donors (Lipinski definition) is 0. The van der Waals surface area contributed by atoms with E-state index in [2.05, 4.69) is 82.4 Å². The van der Waals surface area contributed by atoms with Gasteiger partial charge in [-0.3, -0.25) is 4.98 Å². The molecule has 5 heteroatoms. The Labute approximate surface area is 283 Å². The SMILES string of the molecule is N#Cc1ccc(-c2ccc3c4ccc(-c5ccc(C#N)cc5)cc4n(-c4cc(C#N)c(-c5ccncc5)cc4-c4ccccc4)c3c2)cc1. The molecule has 0 aliphatic heterocycles. The van der Waals surface area contributed by atoms with Crippen molar-refractivity contribution in [1.29, 1.82) is 15.8 Å². The van der Waals surface area contributed by atoms with E-state index >= 15 is 0 Å². The first-order valence-electron chi connectivity index (χ1n) is 15.8. The first-order chi connectivity index (χ1) is 24.1. The fraction of sp³-hybridized carbons (Fsp3) is 0. The van der Waals surface area contributed by atoms with Gasteiger partial charge < -0.3 is 4.57 Å². The lowest BCUT2D eigenvalue weighted by Crippen LogP contribution is -2.00. The summed E-state index contributed by atoms with van der Waals surface area (Å²) in [4.78, 5) is 4.20. The van der Waals surface area contributed by atoms with Gasteiger partial charge in [0, 0.05) is 34.3 Å². The minimum atomic E-state index is 0.558. The largest absolute Gasteiger partial charge is 0.309 e. The van der Waals surface area contributed by atoms with Crippen molar-refractivity contribution < 1.29 is 0 Å². The predicted octanol–water partition coefficient (Wildman–Crippen LogP) is 10.5. The van der Waals surface area contributed by atoms with Gasteiger partial charge in [0.2, 0.25) is 0 Å². The molecule has 0 atom stereocenters. The molecule has 8 rings (SSSR count). The van der Waals surface area contributed by atoms with Crippen LogP contribution in [0.5, 0.6) is 0 Å². The van der Waals surface area contributed by atoms with Crippen LogP contribution in [0.3, 0.4) is 0 Å². The molecule has 0 amide bonds. The molecular weight excluding hydrogens is 599 g/mol. The summed E-state index contributed by atoms with van der Waals surface area (Å²) in [6.07, 6.45) is 3.49. The lowest BCUT2D eigenvalue weighted by Gasteiger charge is -2.18. The van der Waals surface area contributed by atoms with E-state index in [1.165, 1.54) is 0 Å². The number of rotatable bonds is 5. The fourth-order valence-electron chi connectivity index (χ4n) is 6.60. The highest BCUT2D eigenvalue weighted by atomic mass is 15.0. The number of fused-ring (bicyclic) bond motifs is 3. The average molecular weight is 624 g/mol. The fourth-order valence-corrected chi connectivity index (χ4v) is 6.60. The minimum Gasteiger partial charge on any atom is -0.309 e. The Bertz CT molecular complexity index is 2540. The topological polar surface area (TPSA) is 89.2 Å². The van der Waals surface area contributed by atoms with E-state index in [0.29, 0.717) is 16.7 Å². The highest BCUT2D eigenvalue weighted by Crippen LogP contribution is 2.41. The molecule has 6 aromatic carbocycles. The zero-order valence-corrected chi connectivity index (χ0v) is 26.2. The van der Waals surface area contributed by atoms with E-state index in [9.17, 15) is 15.8 Å². The van der Waals surface area contributed by atoms with Crippen molar-refractivity contribution in [3.8, 4) is 68.4 Å². The maximum atomic E-state index is 10.5. The standard InChI is InChI=1S/C44H25N5/c45-26-29-6-10-31(11-7-29)35-14-16-38-39-17-15-36(32-12-8-30(27-46)9-13-32)23-43(39)49(42(38)22-35)44-24-37(28-47)40(34-18-20-48-21-19-34)25-41(44)33-4-2-1-3-5-33/h1-25H. The second kappa shape index (κ2) is 12.2. The third-order valence-electron chi connectivity index (χ3n) is 9.04. The molecule has 0 spiro atoms. The molecular formula is C44H25N5. The third-order valence-corrected chi connectivity index (χ3v) is 9.04. The number of pyridine rings is 1. The van der Waals surface area contributed by atoms with Crippen molar-refractivity contribution in [2.45, 2.75) is 0 Å². The molecule has 49 heavy (non-hydrogen) atoms. The molecule has 0 fully saturated rings. The molecule has 0 aliphatic carbocycles. The van der Waals surface area contributed by atoms with Gasteiger partial charge >= 0.3 is 0 Å². The predicted molar refractivity (Wildman–Crippen MR) is 194 cm³/mol. The maximum Gasteiger partial charge on any atom is 0.0998 e. The summed E-state index contributed by atoms with van der Waals surface area (Å²) in [5.41, 5.74) is 12.5. The van der Waals surface area contributed by atoms with Crippen LogP contribution in [0.2, 0.25) is 0 Å². The zero-order chi connectivity index (χ0) is 33.3. The zero-order valence-electron chi connectivity index (χ0n) is 26.2. The summed E-state index contributed by atoms with van der Waals surface area (Å²) in [7, 11) is 0. The smallest absolute Gasteiger partial charge is 0.0998 e. The minimum absolute atomic E-state index is 0.558. The summed E-state index contributed by atoms with van der Waals surface area (Å²) in [6, 6.07) is 53.3. The first kappa shape index (κ1) is 29.2. The monoisotopic (exact) mass is 623 g/mol. The number of aromatic nitrogens is 2. The number of nitriles is 3. The van der Waals surface area contributed by atoms with Gasteiger partial charge in [-0.1, -0.05) is 78.9 Å². The van der Waals surface area contributed by atoms with E-state index in [-0.39, 0.29) is 0 Å². The Morgan fingerprint density at radius 3 is 1.45 bits per heavy atom. The molecule has 2 aromatic heterocycles. The average Bonchev–Trinajstić information content (AvgIpc) is 3.50. The first-order valence-corrected chi connectivity index (χ1v) is 15.8. The van der Waals surface area contributed by atoms with Crippen LogP contribution in [-0.2, 0) is 0 Å². The molecule has 0 bridgehead atoms. The van der Waals surface area contributed by atoms with Gasteiger partial charge in [0.15, 0.2) is 0 Å². The normalized spacial score (nSPS) is 10.8. The molecule has 0 aliphatic rings. The van der Waals surface area contributed by atoms with Crippen LogP contribution in [0.15, 0.2) is 152 Å². The Morgan fingerprint density at radius 2 is 0.939 bits per heavy atom. The van der Waals surface area contributed by atoms with Gasteiger partial charge in [0.1, 0.15) is 0 Å². The molecule has 0 saturated heterocycles. The number of hydrogen-bond acceptors (Lipinski definition) is 4. The summed E-state index contributed by atoms with van der Waals surface area (Å²) in [5, 5.41) is 31.4. The van der Waals surface area contributed by atoms with Crippen molar-refractivity contribution in [3.63, 3.8) is 0 Å². The molecule has 0 unspecified atom stereocenters. The molecule has 5 nitrogen and oxygen atoms in total. The summed E-state index contributed by atoms with van der Waals surface area (Å²) < 4.78 is 2.27. The third kappa shape index (κ3) is 5.17.